The standard InChI is InChI=1S/C26H27N5O4/c1-34-17-23(32)30-12-10-26-21-8-2-3-9-22(21)31(25(26)33)16-19-15-29(28-27-19)11-5-13-35-20-7-4-6-18(14-20)24(26)30/h2-4,6-9,14-15,24H,5,10-13,16-17H2,1H3/t24-,26-/m0/s1. The molecule has 3 aromatic rings. The number of methoxy groups -OCH3 is 1. The summed E-state index contributed by atoms with van der Waals surface area (Å²) in [6, 6.07) is 15.2. The van der Waals surface area contributed by atoms with Crippen molar-refractivity contribution in [2.45, 2.75) is 37.4 Å². The van der Waals surface area contributed by atoms with E-state index in [4.69, 9.17) is 9.47 Å². The van der Waals surface area contributed by atoms with Gasteiger partial charge in [-0.15, -0.1) is 5.10 Å². The lowest BCUT2D eigenvalue weighted by molar-refractivity contribution is -0.137. The molecule has 2 aromatic carbocycles. The molecule has 9 nitrogen and oxygen atoms in total. The summed E-state index contributed by atoms with van der Waals surface area (Å²) < 4.78 is 13.0. The van der Waals surface area contributed by atoms with Crippen molar-refractivity contribution >= 4 is 17.5 Å². The van der Waals surface area contributed by atoms with Gasteiger partial charge in [0, 0.05) is 32.3 Å². The summed E-state index contributed by atoms with van der Waals surface area (Å²) in [5, 5.41) is 8.56. The maximum Gasteiger partial charge on any atom is 0.249 e. The molecule has 0 radical (unpaired) electrons. The van der Waals surface area contributed by atoms with Gasteiger partial charge in [0.2, 0.25) is 11.8 Å². The molecule has 180 valence electrons. The Morgan fingerprint density at radius 3 is 2.97 bits per heavy atom. The normalized spacial score (nSPS) is 23.2. The Hall–Kier alpha value is -3.72. The van der Waals surface area contributed by atoms with Crippen LogP contribution in [0.25, 0.3) is 0 Å². The van der Waals surface area contributed by atoms with Gasteiger partial charge in [-0.3, -0.25) is 14.3 Å². The van der Waals surface area contributed by atoms with Crippen LogP contribution < -0.4 is 9.64 Å². The van der Waals surface area contributed by atoms with E-state index in [1.54, 1.807) is 14.5 Å². The zero-order valence-corrected chi connectivity index (χ0v) is 19.6. The van der Waals surface area contributed by atoms with Gasteiger partial charge < -0.3 is 19.3 Å². The highest BCUT2D eigenvalue weighted by Crippen LogP contribution is 2.57. The molecule has 1 aromatic heterocycles. The average Bonchev–Trinajstić information content (AvgIpc) is 3.55. The number of amides is 2. The van der Waals surface area contributed by atoms with Crippen LogP contribution >= 0.6 is 0 Å². The molecule has 6 rings (SSSR count). The predicted octanol–water partition coefficient (Wildman–Crippen LogP) is 2.47. The van der Waals surface area contributed by atoms with E-state index in [0.29, 0.717) is 38.4 Å². The number of ether oxygens (including phenoxy) is 2. The van der Waals surface area contributed by atoms with E-state index in [9.17, 15) is 9.59 Å². The quantitative estimate of drug-likeness (QED) is 0.568. The van der Waals surface area contributed by atoms with Crippen LogP contribution in [0.15, 0.2) is 54.7 Å². The predicted molar refractivity (Wildman–Crippen MR) is 127 cm³/mol. The number of fused-ring (bicyclic) bond motifs is 8. The fraction of sp³-hybridized carbons (Fsp3) is 0.385. The van der Waals surface area contributed by atoms with Crippen LogP contribution in [0, 0.1) is 0 Å². The highest BCUT2D eigenvalue weighted by molar-refractivity contribution is 6.09. The van der Waals surface area contributed by atoms with Gasteiger partial charge in [0.05, 0.1) is 25.4 Å². The summed E-state index contributed by atoms with van der Waals surface area (Å²) in [6.45, 7) is 1.94. The number of nitrogens with zero attached hydrogens (tertiary/aromatic N) is 5. The van der Waals surface area contributed by atoms with Crippen molar-refractivity contribution in [2.75, 3.05) is 31.8 Å². The Balaban J connectivity index is 1.55. The number of hydrogen-bond donors (Lipinski definition) is 0. The fourth-order valence-corrected chi connectivity index (χ4v) is 5.86. The number of para-hydroxylation sites is 1. The van der Waals surface area contributed by atoms with Crippen LogP contribution in [-0.2, 0) is 32.8 Å². The van der Waals surface area contributed by atoms with Gasteiger partial charge in [0.1, 0.15) is 23.5 Å². The smallest absolute Gasteiger partial charge is 0.249 e. The van der Waals surface area contributed by atoms with Gasteiger partial charge in [-0.05, 0) is 35.7 Å². The molecule has 3 aliphatic heterocycles. The van der Waals surface area contributed by atoms with Crippen LogP contribution in [0.2, 0.25) is 0 Å². The number of carbonyl (C=O) groups excluding carboxylic acids is 2. The van der Waals surface area contributed by atoms with Crippen molar-refractivity contribution in [1.29, 1.82) is 0 Å². The topological polar surface area (TPSA) is 89.8 Å². The number of likely N-dealkylation sites (tertiary alicyclic amines) is 1. The molecule has 0 unspecified atom stereocenters. The zero-order valence-electron chi connectivity index (χ0n) is 19.6. The molecule has 1 fully saturated rings. The molecule has 0 aliphatic carbocycles. The van der Waals surface area contributed by atoms with Gasteiger partial charge in [-0.2, -0.15) is 0 Å². The molecule has 1 spiro atoms. The number of anilines is 1. The van der Waals surface area contributed by atoms with Gasteiger partial charge in [0.25, 0.3) is 0 Å². The van der Waals surface area contributed by atoms with E-state index in [1.165, 1.54) is 7.11 Å². The zero-order chi connectivity index (χ0) is 24.0. The first kappa shape index (κ1) is 21.8. The van der Waals surface area contributed by atoms with E-state index in [2.05, 4.69) is 10.3 Å². The molecule has 1 saturated heterocycles. The lowest BCUT2D eigenvalue weighted by Crippen LogP contribution is -2.46. The molecule has 2 atom stereocenters. The Kier molecular flexibility index (Phi) is 5.29. The third-order valence-electron chi connectivity index (χ3n) is 7.30. The summed E-state index contributed by atoms with van der Waals surface area (Å²) >= 11 is 0. The van der Waals surface area contributed by atoms with Crippen LogP contribution in [0.3, 0.4) is 0 Å². The fourth-order valence-electron chi connectivity index (χ4n) is 5.86. The van der Waals surface area contributed by atoms with E-state index in [-0.39, 0.29) is 18.4 Å². The van der Waals surface area contributed by atoms with Gasteiger partial charge >= 0.3 is 0 Å². The minimum Gasteiger partial charge on any atom is -0.494 e. The third kappa shape index (κ3) is 3.41. The summed E-state index contributed by atoms with van der Waals surface area (Å²) in [4.78, 5) is 31.2. The minimum atomic E-state index is -0.908. The molecule has 9 heteroatoms. The molecule has 4 heterocycles. The molecule has 3 aliphatic rings. The number of rotatable bonds is 2. The highest BCUT2D eigenvalue weighted by atomic mass is 16.5. The van der Waals surface area contributed by atoms with E-state index in [0.717, 1.165) is 28.9 Å². The molecule has 2 amide bonds. The minimum absolute atomic E-state index is 0.0211. The van der Waals surface area contributed by atoms with Gasteiger partial charge in [-0.25, -0.2) is 0 Å². The first-order valence-corrected chi connectivity index (χ1v) is 11.9. The second-order valence-electron chi connectivity index (χ2n) is 9.30. The Morgan fingerprint density at radius 1 is 1.20 bits per heavy atom. The third-order valence-corrected chi connectivity index (χ3v) is 7.30. The van der Waals surface area contributed by atoms with Crippen molar-refractivity contribution in [1.82, 2.24) is 19.9 Å². The van der Waals surface area contributed by atoms with E-state index >= 15 is 0 Å². The van der Waals surface area contributed by atoms with Crippen LogP contribution in [0.4, 0.5) is 5.69 Å². The lowest BCUT2D eigenvalue weighted by atomic mass is 9.72. The first-order chi connectivity index (χ1) is 17.1. The summed E-state index contributed by atoms with van der Waals surface area (Å²) in [5.41, 5.74) is 2.50. The van der Waals surface area contributed by atoms with Crippen molar-refractivity contribution in [3.8, 4) is 5.75 Å². The largest absolute Gasteiger partial charge is 0.494 e. The summed E-state index contributed by atoms with van der Waals surface area (Å²) in [6.07, 6.45) is 3.18. The second-order valence-corrected chi connectivity index (χ2v) is 9.30. The van der Waals surface area contributed by atoms with Crippen LogP contribution in [0.1, 0.15) is 35.7 Å². The van der Waals surface area contributed by atoms with Crippen molar-refractivity contribution in [2.24, 2.45) is 0 Å². The molecule has 0 saturated carbocycles. The maximum absolute atomic E-state index is 14.4. The van der Waals surface area contributed by atoms with Gasteiger partial charge in [0.15, 0.2) is 0 Å². The van der Waals surface area contributed by atoms with E-state index in [1.807, 2.05) is 54.7 Å². The Labute approximate surface area is 203 Å². The highest BCUT2D eigenvalue weighted by Gasteiger charge is 2.61. The Bertz CT molecular complexity index is 1290. The number of hydrogen-bond acceptors (Lipinski definition) is 6. The molecular weight excluding hydrogens is 446 g/mol. The van der Waals surface area contributed by atoms with Crippen molar-refractivity contribution < 1.29 is 19.1 Å². The summed E-state index contributed by atoms with van der Waals surface area (Å²) in [5.74, 6) is 0.561. The first-order valence-electron chi connectivity index (χ1n) is 11.9. The van der Waals surface area contributed by atoms with Crippen LogP contribution in [0.5, 0.6) is 5.75 Å². The number of carbonyl (C=O) groups is 2. The summed E-state index contributed by atoms with van der Waals surface area (Å²) in [7, 11) is 1.51. The van der Waals surface area contributed by atoms with Crippen LogP contribution in [-0.4, -0.2) is 58.6 Å². The molecular formula is C26H27N5O4. The lowest BCUT2D eigenvalue weighted by Gasteiger charge is -2.35. The monoisotopic (exact) mass is 473 g/mol. The SMILES string of the molecule is COCC(=O)N1CC[C@@]23C(=O)N(Cc4cn(nn4)CCCOc4cccc(c4)[C@H]12)c1ccccc13. The maximum atomic E-state index is 14.4. The number of aryl methyl sites for hydroxylation is 1. The van der Waals surface area contributed by atoms with Crippen molar-refractivity contribution in [3.05, 3.63) is 71.5 Å². The number of aromatic nitrogens is 3. The number of benzene rings is 2. The molecule has 35 heavy (non-hydrogen) atoms. The molecule has 6 bridgehead atoms. The Morgan fingerprint density at radius 2 is 2.09 bits per heavy atom. The van der Waals surface area contributed by atoms with Crippen molar-refractivity contribution in [3.63, 3.8) is 0 Å². The second kappa shape index (κ2) is 8.49. The molecule has 0 N–H and O–H groups in total. The average molecular weight is 474 g/mol. The van der Waals surface area contributed by atoms with Gasteiger partial charge in [-0.1, -0.05) is 35.5 Å². The van der Waals surface area contributed by atoms with E-state index < -0.39 is 11.5 Å².